The minimum absolute atomic E-state index is 0. The van der Waals surface area contributed by atoms with Crippen LogP contribution in [0.3, 0.4) is 0 Å². The Hall–Kier alpha value is -1.81. The average Bonchev–Trinajstić information content (AvgIpc) is 2.26. The highest BCUT2D eigenvalue weighted by molar-refractivity contribution is 6.03. The van der Waals surface area contributed by atoms with Crippen molar-refractivity contribution in [2.45, 2.75) is 0 Å². The van der Waals surface area contributed by atoms with Gasteiger partial charge in [0.25, 0.3) is 0 Å². The van der Waals surface area contributed by atoms with Gasteiger partial charge in [-0.3, -0.25) is 0 Å². The van der Waals surface area contributed by atoms with Crippen molar-refractivity contribution in [1.82, 2.24) is 4.98 Å². The third kappa shape index (κ3) is 2.06. The van der Waals surface area contributed by atoms with Crippen LogP contribution in [0, 0.1) is 0 Å². The Morgan fingerprint density at radius 3 is 2.75 bits per heavy atom. The number of nitrogens with two attached hydrogens (primary N) is 1. The zero-order chi connectivity index (χ0) is 10.8. The summed E-state index contributed by atoms with van der Waals surface area (Å²) in [6.07, 6.45) is 0. The second-order valence-corrected chi connectivity index (χ2v) is 3.11. The number of fused-ring (bicyclic) bond motifs is 1. The van der Waals surface area contributed by atoms with Crippen molar-refractivity contribution in [2.75, 3.05) is 12.8 Å². The molecule has 0 aliphatic heterocycles. The summed E-state index contributed by atoms with van der Waals surface area (Å²) in [5.74, 6) is -0.160. The molecule has 0 saturated heterocycles. The predicted molar refractivity (Wildman–Crippen MR) is 64.7 cm³/mol. The highest BCUT2D eigenvalue weighted by Gasteiger charge is 2.12. The van der Waals surface area contributed by atoms with Gasteiger partial charge in [0.05, 0.1) is 7.11 Å². The number of carbonyl (C=O) groups excluding carboxylic acids is 1. The Morgan fingerprint density at radius 2 is 2.06 bits per heavy atom. The van der Waals surface area contributed by atoms with Crippen molar-refractivity contribution >= 4 is 35.0 Å². The molecule has 84 valence electrons. The number of rotatable bonds is 1. The maximum absolute atomic E-state index is 11.4. The van der Waals surface area contributed by atoms with E-state index >= 15 is 0 Å². The number of methoxy groups -OCH3 is 1. The summed E-state index contributed by atoms with van der Waals surface area (Å²) in [5.41, 5.74) is 5.86. The summed E-state index contributed by atoms with van der Waals surface area (Å²) in [5, 5.41) is 1.63. The molecule has 0 radical (unpaired) electrons. The van der Waals surface area contributed by atoms with E-state index in [0.717, 1.165) is 10.8 Å². The number of nitrogen functional groups attached to an aromatic ring is 1. The number of ether oxygens (including phenoxy) is 1. The maximum Gasteiger partial charge on any atom is 0.357 e. The van der Waals surface area contributed by atoms with Crippen LogP contribution < -0.4 is 5.73 Å². The van der Waals surface area contributed by atoms with Crippen LogP contribution >= 0.6 is 12.4 Å². The van der Waals surface area contributed by atoms with E-state index in [1.807, 2.05) is 24.3 Å². The molecule has 1 aromatic heterocycles. The van der Waals surface area contributed by atoms with Crippen LogP contribution in [0.25, 0.3) is 10.8 Å². The van der Waals surface area contributed by atoms with Gasteiger partial charge >= 0.3 is 5.97 Å². The van der Waals surface area contributed by atoms with Crippen LogP contribution in [0.2, 0.25) is 0 Å². The van der Waals surface area contributed by atoms with Crippen LogP contribution in [0.4, 0.5) is 5.82 Å². The summed E-state index contributed by atoms with van der Waals surface area (Å²) in [6.45, 7) is 0. The fourth-order valence-electron chi connectivity index (χ4n) is 1.47. The van der Waals surface area contributed by atoms with Crippen LogP contribution in [-0.2, 0) is 4.74 Å². The second kappa shape index (κ2) is 4.81. The monoisotopic (exact) mass is 238 g/mol. The van der Waals surface area contributed by atoms with E-state index in [4.69, 9.17) is 5.73 Å². The molecule has 5 heteroatoms. The van der Waals surface area contributed by atoms with E-state index in [1.54, 1.807) is 6.07 Å². The van der Waals surface area contributed by atoms with Crippen molar-refractivity contribution in [3.05, 3.63) is 36.0 Å². The average molecular weight is 239 g/mol. The summed E-state index contributed by atoms with van der Waals surface area (Å²) in [6, 6.07) is 9.13. The maximum atomic E-state index is 11.4. The number of esters is 1. The second-order valence-electron chi connectivity index (χ2n) is 3.11. The number of hydrogen-bond acceptors (Lipinski definition) is 4. The molecule has 2 rings (SSSR count). The van der Waals surface area contributed by atoms with Gasteiger partial charge in [-0.1, -0.05) is 24.3 Å². The molecular formula is C11H11ClN2O2. The van der Waals surface area contributed by atoms with E-state index in [2.05, 4.69) is 9.72 Å². The van der Waals surface area contributed by atoms with Crippen LogP contribution in [0.1, 0.15) is 10.5 Å². The summed E-state index contributed by atoms with van der Waals surface area (Å²) < 4.78 is 4.64. The van der Waals surface area contributed by atoms with Crippen molar-refractivity contribution < 1.29 is 9.53 Å². The van der Waals surface area contributed by atoms with Crippen molar-refractivity contribution in [1.29, 1.82) is 0 Å². The van der Waals surface area contributed by atoms with Gasteiger partial charge in [0.15, 0.2) is 5.69 Å². The first-order valence-corrected chi connectivity index (χ1v) is 4.46. The molecule has 0 saturated carbocycles. The quantitative estimate of drug-likeness (QED) is 0.772. The van der Waals surface area contributed by atoms with Gasteiger partial charge < -0.3 is 10.5 Å². The molecule has 2 N–H and O–H groups in total. The summed E-state index contributed by atoms with van der Waals surface area (Å²) in [7, 11) is 1.32. The van der Waals surface area contributed by atoms with Gasteiger partial charge in [0.1, 0.15) is 5.82 Å². The Labute approximate surface area is 98.8 Å². The van der Waals surface area contributed by atoms with Crippen molar-refractivity contribution in [3.8, 4) is 0 Å². The van der Waals surface area contributed by atoms with Crippen LogP contribution in [0.5, 0.6) is 0 Å². The first-order valence-electron chi connectivity index (χ1n) is 4.46. The van der Waals surface area contributed by atoms with E-state index in [1.165, 1.54) is 7.11 Å². The Bertz CT molecular complexity index is 528. The van der Waals surface area contributed by atoms with Crippen LogP contribution in [0.15, 0.2) is 30.3 Å². The number of aromatic nitrogens is 1. The SMILES string of the molecule is COC(=O)c1nc(N)cc2ccccc12.Cl. The normalized spacial score (nSPS) is 9.56. The first kappa shape index (κ1) is 12.3. The van der Waals surface area contributed by atoms with Gasteiger partial charge in [-0.25, -0.2) is 9.78 Å². The van der Waals surface area contributed by atoms with E-state index < -0.39 is 5.97 Å². The standard InChI is InChI=1S/C11H10N2O2.ClH/c1-15-11(14)10-8-5-3-2-4-7(8)6-9(12)13-10;/h2-6H,1H3,(H2,12,13);1H. The minimum atomic E-state index is -0.474. The molecule has 0 fully saturated rings. The molecule has 1 heterocycles. The summed E-state index contributed by atoms with van der Waals surface area (Å²) in [4.78, 5) is 15.4. The Balaban J connectivity index is 0.00000128. The largest absolute Gasteiger partial charge is 0.464 e. The molecule has 0 atom stereocenters. The number of halogens is 1. The lowest BCUT2D eigenvalue weighted by molar-refractivity contribution is 0.0596. The van der Waals surface area contributed by atoms with Gasteiger partial charge in [-0.2, -0.15) is 0 Å². The number of nitrogens with zero attached hydrogens (tertiary/aromatic N) is 1. The minimum Gasteiger partial charge on any atom is -0.464 e. The Morgan fingerprint density at radius 1 is 1.38 bits per heavy atom. The molecule has 2 aromatic rings. The molecule has 0 bridgehead atoms. The van der Waals surface area contributed by atoms with E-state index in [9.17, 15) is 4.79 Å². The fourth-order valence-corrected chi connectivity index (χ4v) is 1.47. The first-order chi connectivity index (χ1) is 7.22. The zero-order valence-electron chi connectivity index (χ0n) is 8.64. The number of pyridine rings is 1. The highest BCUT2D eigenvalue weighted by atomic mass is 35.5. The van der Waals surface area contributed by atoms with Gasteiger partial charge in [0.2, 0.25) is 0 Å². The van der Waals surface area contributed by atoms with Crippen molar-refractivity contribution in [2.24, 2.45) is 0 Å². The molecule has 16 heavy (non-hydrogen) atoms. The molecule has 0 unspecified atom stereocenters. The van der Waals surface area contributed by atoms with Gasteiger partial charge in [0, 0.05) is 5.39 Å². The molecule has 0 aliphatic rings. The summed E-state index contributed by atoms with van der Waals surface area (Å²) >= 11 is 0. The number of anilines is 1. The molecule has 1 aromatic carbocycles. The van der Waals surface area contributed by atoms with Gasteiger partial charge in [-0.05, 0) is 11.5 Å². The lowest BCUT2D eigenvalue weighted by atomic mass is 10.1. The predicted octanol–water partition coefficient (Wildman–Crippen LogP) is 2.03. The number of benzene rings is 1. The zero-order valence-corrected chi connectivity index (χ0v) is 9.45. The topological polar surface area (TPSA) is 65.2 Å². The molecule has 0 amide bonds. The fraction of sp³-hybridized carbons (Fsp3) is 0.0909. The number of hydrogen-bond donors (Lipinski definition) is 1. The van der Waals surface area contributed by atoms with Crippen LogP contribution in [-0.4, -0.2) is 18.1 Å². The van der Waals surface area contributed by atoms with E-state index in [-0.39, 0.29) is 18.1 Å². The number of carbonyl (C=O) groups is 1. The third-order valence-corrected chi connectivity index (χ3v) is 2.14. The van der Waals surface area contributed by atoms with Crippen molar-refractivity contribution in [3.63, 3.8) is 0 Å². The highest BCUT2D eigenvalue weighted by Crippen LogP contribution is 2.19. The molecular weight excluding hydrogens is 228 g/mol. The van der Waals surface area contributed by atoms with E-state index in [0.29, 0.717) is 5.82 Å². The molecule has 0 aliphatic carbocycles. The lowest BCUT2D eigenvalue weighted by Gasteiger charge is -2.04. The smallest absolute Gasteiger partial charge is 0.357 e. The molecule has 0 spiro atoms. The molecule has 4 nitrogen and oxygen atoms in total. The third-order valence-electron chi connectivity index (χ3n) is 2.14. The lowest BCUT2D eigenvalue weighted by Crippen LogP contribution is -2.07. The Kier molecular flexibility index (Phi) is 3.68. The van der Waals surface area contributed by atoms with Gasteiger partial charge in [-0.15, -0.1) is 12.4 Å².